The lowest BCUT2D eigenvalue weighted by molar-refractivity contribution is 0.227. The molecule has 2 aromatic heterocycles. The lowest BCUT2D eigenvalue weighted by Crippen LogP contribution is -2.50. The molecule has 3 heterocycles. The summed E-state index contributed by atoms with van der Waals surface area (Å²) in [6.07, 6.45) is 2.71. The first-order chi connectivity index (χ1) is 16.3. The van der Waals surface area contributed by atoms with Gasteiger partial charge in [0.15, 0.2) is 11.6 Å². The van der Waals surface area contributed by atoms with E-state index in [-0.39, 0.29) is 10.8 Å². The molecule has 2 unspecified atom stereocenters. The standard InChI is InChI=1S/C24H26Cl2FN5O2/c1-13-10-29-6-7-32(13)21-9-19(33-3)16(12-30-21)15-8-20(24(28)31-11-15)34-14(2)22-17(25)4-5-18(27)23(22)26/h4-5,8-9,11-14,29H,6-7,10H2,1-3H3,(H2,28,31). The Bertz CT molecular complexity index is 1200. The Hall–Kier alpha value is -2.81. The molecule has 4 rings (SSSR count). The van der Waals surface area contributed by atoms with Crippen molar-refractivity contribution in [3.63, 3.8) is 0 Å². The number of pyridine rings is 2. The number of rotatable bonds is 6. The number of piperazine rings is 1. The molecular weight excluding hydrogens is 480 g/mol. The first-order valence-corrected chi connectivity index (χ1v) is 11.6. The van der Waals surface area contributed by atoms with E-state index in [4.69, 9.17) is 38.4 Å². The zero-order chi connectivity index (χ0) is 24.4. The second-order valence-electron chi connectivity index (χ2n) is 8.11. The summed E-state index contributed by atoms with van der Waals surface area (Å²) in [6, 6.07) is 6.63. The van der Waals surface area contributed by atoms with E-state index < -0.39 is 11.9 Å². The summed E-state index contributed by atoms with van der Waals surface area (Å²) in [6.45, 7) is 6.52. The van der Waals surface area contributed by atoms with E-state index in [0.717, 1.165) is 31.0 Å². The topological polar surface area (TPSA) is 85.5 Å². The molecule has 2 atom stereocenters. The monoisotopic (exact) mass is 505 g/mol. The summed E-state index contributed by atoms with van der Waals surface area (Å²) in [5, 5.41) is 3.58. The fourth-order valence-electron chi connectivity index (χ4n) is 4.01. The van der Waals surface area contributed by atoms with Gasteiger partial charge in [-0.2, -0.15) is 0 Å². The van der Waals surface area contributed by atoms with E-state index in [1.807, 2.05) is 6.07 Å². The number of nitrogens with zero attached hydrogens (tertiary/aromatic N) is 3. The van der Waals surface area contributed by atoms with E-state index in [1.165, 1.54) is 12.1 Å². The maximum absolute atomic E-state index is 14.0. The fourth-order valence-corrected chi connectivity index (χ4v) is 4.69. The van der Waals surface area contributed by atoms with Crippen molar-refractivity contribution >= 4 is 34.8 Å². The summed E-state index contributed by atoms with van der Waals surface area (Å²) < 4.78 is 25.7. The largest absolute Gasteiger partial charge is 0.496 e. The molecule has 1 aromatic carbocycles. The maximum Gasteiger partial charge on any atom is 0.166 e. The van der Waals surface area contributed by atoms with Gasteiger partial charge in [-0.15, -0.1) is 0 Å². The number of nitrogens with two attached hydrogens (primary N) is 1. The van der Waals surface area contributed by atoms with Crippen molar-refractivity contribution in [1.29, 1.82) is 0 Å². The van der Waals surface area contributed by atoms with Crippen molar-refractivity contribution in [2.45, 2.75) is 26.0 Å². The van der Waals surface area contributed by atoms with Crippen molar-refractivity contribution in [2.75, 3.05) is 37.4 Å². The predicted octanol–water partition coefficient (Wildman–Crippen LogP) is 5.12. The highest BCUT2D eigenvalue weighted by atomic mass is 35.5. The lowest BCUT2D eigenvalue weighted by atomic mass is 10.1. The summed E-state index contributed by atoms with van der Waals surface area (Å²) in [7, 11) is 1.61. The van der Waals surface area contributed by atoms with Gasteiger partial charge >= 0.3 is 0 Å². The Morgan fingerprint density at radius 2 is 2.00 bits per heavy atom. The SMILES string of the molecule is COc1cc(N2CCNCC2C)ncc1-c1cnc(N)c(OC(C)c2c(Cl)ccc(F)c2Cl)c1. The van der Waals surface area contributed by atoms with Gasteiger partial charge in [-0.25, -0.2) is 14.4 Å². The summed E-state index contributed by atoms with van der Waals surface area (Å²) in [5.41, 5.74) is 7.85. The minimum absolute atomic E-state index is 0.0914. The highest BCUT2D eigenvalue weighted by Gasteiger charge is 2.23. The number of anilines is 2. The molecule has 3 aromatic rings. The maximum atomic E-state index is 14.0. The van der Waals surface area contributed by atoms with Crippen LogP contribution in [0.25, 0.3) is 11.1 Å². The third-order valence-corrected chi connectivity index (χ3v) is 6.56. The molecule has 0 radical (unpaired) electrons. The predicted molar refractivity (Wildman–Crippen MR) is 134 cm³/mol. The minimum Gasteiger partial charge on any atom is -0.496 e. The molecule has 3 N–H and O–H groups in total. The number of methoxy groups -OCH3 is 1. The Morgan fingerprint density at radius 1 is 1.21 bits per heavy atom. The summed E-state index contributed by atoms with van der Waals surface area (Å²) >= 11 is 12.4. The molecule has 1 aliphatic heterocycles. The second kappa shape index (κ2) is 10.2. The third kappa shape index (κ3) is 4.85. The van der Waals surface area contributed by atoms with Crippen LogP contribution >= 0.6 is 23.2 Å². The van der Waals surface area contributed by atoms with E-state index >= 15 is 0 Å². The average molecular weight is 506 g/mol. The van der Waals surface area contributed by atoms with Crippen molar-refractivity contribution in [3.8, 4) is 22.6 Å². The van der Waals surface area contributed by atoms with E-state index in [2.05, 4.69) is 27.1 Å². The van der Waals surface area contributed by atoms with Crippen molar-refractivity contribution in [1.82, 2.24) is 15.3 Å². The number of nitrogen functional groups attached to an aromatic ring is 1. The molecule has 0 saturated carbocycles. The number of nitrogens with one attached hydrogen (secondary N) is 1. The molecule has 7 nitrogen and oxygen atoms in total. The number of halogens is 3. The van der Waals surface area contributed by atoms with E-state index in [0.29, 0.717) is 33.7 Å². The van der Waals surface area contributed by atoms with Crippen LogP contribution in [-0.4, -0.2) is 42.8 Å². The molecule has 0 amide bonds. The fraction of sp³-hybridized carbons (Fsp3) is 0.333. The van der Waals surface area contributed by atoms with Gasteiger partial charge < -0.3 is 25.4 Å². The Balaban J connectivity index is 1.65. The zero-order valence-electron chi connectivity index (χ0n) is 19.1. The minimum atomic E-state index is -0.674. The van der Waals surface area contributed by atoms with Crippen LogP contribution in [0.15, 0.2) is 36.7 Å². The molecule has 34 heavy (non-hydrogen) atoms. The van der Waals surface area contributed by atoms with Crippen LogP contribution < -0.4 is 25.4 Å². The third-order valence-electron chi connectivity index (χ3n) is 5.85. The molecule has 1 fully saturated rings. The molecular formula is C24H26Cl2FN5O2. The van der Waals surface area contributed by atoms with E-state index in [1.54, 1.807) is 32.5 Å². The van der Waals surface area contributed by atoms with Gasteiger partial charge in [-0.1, -0.05) is 23.2 Å². The molecule has 0 aliphatic carbocycles. The molecule has 10 heteroatoms. The van der Waals surface area contributed by atoms with Gasteiger partial charge in [0, 0.05) is 65.8 Å². The van der Waals surface area contributed by atoms with Crippen molar-refractivity contribution in [2.24, 2.45) is 0 Å². The van der Waals surface area contributed by atoms with Crippen LogP contribution in [0.3, 0.4) is 0 Å². The quantitative estimate of drug-likeness (QED) is 0.449. The highest BCUT2D eigenvalue weighted by Crippen LogP contribution is 2.39. The van der Waals surface area contributed by atoms with Crippen LogP contribution in [-0.2, 0) is 0 Å². The molecule has 0 bridgehead atoms. The first-order valence-electron chi connectivity index (χ1n) is 10.9. The average Bonchev–Trinajstić information content (AvgIpc) is 2.83. The normalized spacial score (nSPS) is 16.9. The van der Waals surface area contributed by atoms with Gasteiger partial charge in [-0.05, 0) is 32.0 Å². The number of benzene rings is 1. The molecule has 180 valence electrons. The van der Waals surface area contributed by atoms with Crippen LogP contribution in [0.2, 0.25) is 10.0 Å². The van der Waals surface area contributed by atoms with Gasteiger partial charge in [0.25, 0.3) is 0 Å². The first kappa shape index (κ1) is 24.3. The van der Waals surface area contributed by atoms with Crippen LogP contribution in [0.5, 0.6) is 11.5 Å². The molecule has 1 saturated heterocycles. The summed E-state index contributed by atoms with van der Waals surface area (Å²) in [5.74, 6) is 1.41. The van der Waals surface area contributed by atoms with Crippen LogP contribution in [0.4, 0.5) is 16.0 Å². The highest BCUT2D eigenvalue weighted by molar-refractivity contribution is 6.36. The smallest absolute Gasteiger partial charge is 0.166 e. The van der Waals surface area contributed by atoms with Gasteiger partial charge in [0.1, 0.15) is 23.5 Å². The van der Waals surface area contributed by atoms with E-state index in [9.17, 15) is 4.39 Å². The Morgan fingerprint density at radius 3 is 2.74 bits per heavy atom. The van der Waals surface area contributed by atoms with Crippen LogP contribution in [0, 0.1) is 5.82 Å². The molecule has 1 aliphatic rings. The lowest BCUT2D eigenvalue weighted by Gasteiger charge is -2.35. The number of aromatic nitrogens is 2. The van der Waals surface area contributed by atoms with Crippen LogP contribution in [0.1, 0.15) is 25.5 Å². The number of hydrogen-bond donors (Lipinski definition) is 2. The Kier molecular flexibility index (Phi) is 7.30. The van der Waals surface area contributed by atoms with Crippen molar-refractivity contribution < 1.29 is 13.9 Å². The summed E-state index contributed by atoms with van der Waals surface area (Å²) in [4.78, 5) is 11.2. The molecule has 0 spiro atoms. The van der Waals surface area contributed by atoms with Crippen molar-refractivity contribution in [3.05, 3.63) is 58.1 Å². The van der Waals surface area contributed by atoms with Gasteiger partial charge in [0.2, 0.25) is 0 Å². The number of ether oxygens (including phenoxy) is 2. The zero-order valence-corrected chi connectivity index (χ0v) is 20.6. The number of hydrogen-bond acceptors (Lipinski definition) is 7. The van der Waals surface area contributed by atoms with Gasteiger partial charge in [0.05, 0.1) is 12.1 Å². The Labute approximate surface area is 208 Å². The van der Waals surface area contributed by atoms with Gasteiger partial charge in [-0.3, -0.25) is 0 Å². The second-order valence-corrected chi connectivity index (χ2v) is 8.90.